The molecule has 2 N–H and O–H groups in total. The van der Waals surface area contributed by atoms with Gasteiger partial charge in [-0.25, -0.2) is 0 Å². The second-order valence-corrected chi connectivity index (χ2v) is 7.18. The molecule has 1 saturated heterocycles. The van der Waals surface area contributed by atoms with E-state index in [0.717, 1.165) is 16.9 Å². The van der Waals surface area contributed by atoms with Gasteiger partial charge in [0.25, 0.3) is 0 Å². The molecule has 5 nitrogen and oxygen atoms in total. The van der Waals surface area contributed by atoms with Crippen molar-refractivity contribution in [2.45, 2.75) is 25.8 Å². The molecule has 0 aromatic heterocycles. The highest BCUT2D eigenvalue weighted by Gasteiger charge is 2.27. The second-order valence-electron chi connectivity index (χ2n) is 6.20. The van der Waals surface area contributed by atoms with Crippen molar-refractivity contribution in [3.8, 4) is 0 Å². The van der Waals surface area contributed by atoms with Crippen LogP contribution in [0.25, 0.3) is 0 Å². The standard InChI is InChI=1S/C18H27N3O2S.ClH/c1-14-5-3-4-6-15(14)13-17(22)20-8-10-21(11-9-20)18(23)16(19)7-12-24-2;/h3-6,16H,7-13,19H2,1-2H3;1H/t16-;/m0./s1. The van der Waals surface area contributed by atoms with Crippen molar-refractivity contribution >= 4 is 36.0 Å². The van der Waals surface area contributed by atoms with Crippen LogP contribution in [-0.2, 0) is 16.0 Å². The molecule has 1 atom stereocenters. The molecule has 140 valence electrons. The molecule has 0 bridgehead atoms. The number of benzene rings is 1. The molecule has 2 amide bonds. The highest BCUT2D eigenvalue weighted by Crippen LogP contribution is 2.12. The van der Waals surface area contributed by atoms with Crippen LogP contribution in [-0.4, -0.2) is 65.8 Å². The van der Waals surface area contributed by atoms with Crippen LogP contribution in [0, 0.1) is 6.92 Å². The van der Waals surface area contributed by atoms with Crippen LogP contribution in [0.3, 0.4) is 0 Å². The Balaban J connectivity index is 0.00000312. The predicted octanol–water partition coefficient (Wildman–Crippen LogP) is 1.71. The summed E-state index contributed by atoms with van der Waals surface area (Å²) in [6.07, 6.45) is 3.14. The molecule has 0 unspecified atom stereocenters. The Kier molecular flexibility index (Phi) is 9.32. The van der Waals surface area contributed by atoms with Gasteiger partial charge in [0.15, 0.2) is 0 Å². The second kappa shape index (κ2) is 10.7. The number of rotatable bonds is 6. The minimum absolute atomic E-state index is 0. The van der Waals surface area contributed by atoms with E-state index in [1.165, 1.54) is 0 Å². The van der Waals surface area contributed by atoms with Gasteiger partial charge in [-0.2, -0.15) is 11.8 Å². The number of hydrogen-bond acceptors (Lipinski definition) is 4. The third-order valence-electron chi connectivity index (χ3n) is 4.50. The van der Waals surface area contributed by atoms with E-state index in [-0.39, 0.29) is 24.2 Å². The third kappa shape index (κ3) is 6.20. The molecule has 1 fully saturated rings. The highest BCUT2D eigenvalue weighted by molar-refractivity contribution is 7.98. The molecular formula is C18H28ClN3O2S. The number of amides is 2. The summed E-state index contributed by atoms with van der Waals surface area (Å²) in [5.41, 5.74) is 8.17. The Morgan fingerprint density at radius 1 is 1.16 bits per heavy atom. The first-order chi connectivity index (χ1) is 11.5. The smallest absolute Gasteiger partial charge is 0.239 e. The van der Waals surface area contributed by atoms with Crippen molar-refractivity contribution in [2.75, 3.05) is 38.2 Å². The summed E-state index contributed by atoms with van der Waals surface area (Å²) in [5, 5.41) is 0. The summed E-state index contributed by atoms with van der Waals surface area (Å²) in [7, 11) is 0. The van der Waals surface area contributed by atoms with Crippen LogP contribution in [0.1, 0.15) is 17.5 Å². The molecule has 1 heterocycles. The lowest BCUT2D eigenvalue weighted by molar-refractivity contribution is -0.140. The van der Waals surface area contributed by atoms with Crippen molar-refractivity contribution in [3.63, 3.8) is 0 Å². The van der Waals surface area contributed by atoms with Crippen molar-refractivity contribution in [1.82, 2.24) is 9.80 Å². The first kappa shape index (κ1) is 21.8. The lowest BCUT2D eigenvalue weighted by Gasteiger charge is -2.36. The summed E-state index contributed by atoms with van der Waals surface area (Å²) in [6.45, 7) is 4.35. The van der Waals surface area contributed by atoms with Crippen LogP contribution in [0.2, 0.25) is 0 Å². The van der Waals surface area contributed by atoms with Gasteiger partial charge < -0.3 is 15.5 Å². The van der Waals surface area contributed by atoms with E-state index in [1.54, 1.807) is 16.7 Å². The van der Waals surface area contributed by atoms with Gasteiger partial charge in [0.1, 0.15) is 0 Å². The van der Waals surface area contributed by atoms with Gasteiger partial charge in [0.2, 0.25) is 11.8 Å². The van der Waals surface area contributed by atoms with Gasteiger partial charge in [-0.1, -0.05) is 24.3 Å². The molecule has 2 rings (SSSR count). The van der Waals surface area contributed by atoms with E-state index in [4.69, 9.17) is 5.73 Å². The molecule has 0 aliphatic carbocycles. The number of hydrogen-bond donors (Lipinski definition) is 1. The number of carbonyl (C=O) groups excluding carboxylic acids is 2. The first-order valence-electron chi connectivity index (χ1n) is 8.38. The third-order valence-corrected chi connectivity index (χ3v) is 5.14. The summed E-state index contributed by atoms with van der Waals surface area (Å²) >= 11 is 1.70. The van der Waals surface area contributed by atoms with Gasteiger partial charge in [0, 0.05) is 26.2 Å². The lowest BCUT2D eigenvalue weighted by atomic mass is 10.1. The molecule has 1 aliphatic heterocycles. The van der Waals surface area contributed by atoms with Crippen molar-refractivity contribution in [1.29, 1.82) is 0 Å². The zero-order chi connectivity index (χ0) is 17.5. The van der Waals surface area contributed by atoms with Crippen LogP contribution in [0.4, 0.5) is 0 Å². The zero-order valence-corrected chi connectivity index (χ0v) is 16.6. The summed E-state index contributed by atoms with van der Waals surface area (Å²) in [5.74, 6) is 1.03. The molecule has 25 heavy (non-hydrogen) atoms. The Labute approximate surface area is 160 Å². The molecule has 0 radical (unpaired) electrons. The lowest BCUT2D eigenvalue weighted by Crippen LogP contribution is -2.54. The van der Waals surface area contributed by atoms with Gasteiger partial charge in [-0.3, -0.25) is 9.59 Å². The molecule has 1 aromatic rings. The fourth-order valence-corrected chi connectivity index (χ4v) is 3.35. The molecule has 0 spiro atoms. The Hall–Kier alpha value is -1.24. The molecule has 0 saturated carbocycles. The minimum Gasteiger partial charge on any atom is -0.339 e. The summed E-state index contributed by atoms with van der Waals surface area (Å²) in [6, 6.07) is 7.54. The minimum atomic E-state index is -0.424. The van der Waals surface area contributed by atoms with Gasteiger partial charge in [-0.05, 0) is 36.5 Å². The number of nitrogens with two attached hydrogens (primary N) is 1. The zero-order valence-electron chi connectivity index (χ0n) is 14.9. The topological polar surface area (TPSA) is 66.6 Å². The number of piperazine rings is 1. The summed E-state index contributed by atoms with van der Waals surface area (Å²) in [4.78, 5) is 28.4. The molecular weight excluding hydrogens is 358 g/mol. The van der Waals surface area contributed by atoms with Crippen LogP contribution in [0.5, 0.6) is 0 Å². The van der Waals surface area contributed by atoms with E-state index in [2.05, 4.69) is 0 Å². The Morgan fingerprint density at radius 2 is 1.76 bits per heavy atom. The number of nitrogens with zero attached hydrogens (tertiary/aromatic N) is 2. The Bertz CT molecular complexity index is 577. The van der Waals surface area contributed by atoms with Crippen LogP contribution < -0.4 is 5.73 Å². The van der Waals surface area contributed by atoms with Gasteiger partial charge in [0.05, 0.1) is 12.5 Å². The van der Waals surface area contributed by atoms with Gasteiger partial charge >= 0.3 is 0 Å². The van der Waals surface area contributed by atoms with E-state index in [9.17, 15) is 9.59 Å². The monoisotopic (exact) mass is 385 g/mol. The van der Waals surface area contributed by atoms with Gasteiger partial charge in [-0.15, -0.1) is 12.4 Å². The number of carbonyl (C=O) groups is 2. The number of halogens is 1. The quantitative estimate of drug-likeness (QED) is 0.809. The van der Waals surface area contributed by atoms with Crippen molar-refractivity contribution < 1.29 is 9.59 Å². The van der Waals surface area contributed by atoms with E-state index in [1.807, 2.05) is 42.3 Å². The number of thioether (sulfide) groups is 1. The SMILES string of the molecule is CSCC[C@H](N)C(=O)N1CCN(C(=O)Cc2ccccc2C)CC1.Cl. The average Bonchev–Trinajstić information content (AvgIpc) is 2.61. The summed E-state index contributed by atoms with van der Waals surface area (Å²) < 4.78 is 0. The van der Waals surface area contributed by atoms with Crippen molar-refractivity contribution in [2.24, 2.45) is 5.73 Å². The van der Waals surface area contributed by atoms with E-state index >= 15 is 0 Å². The fraction of sp³-hybridized carbons (Fsp3) is 0.556. The molecule has 7 heteroatoms. The molecule has 1 aliphatic rings. The maximum atomic E-state index is 12.5. The molecule has 1 aromatic carbocycles. The van der Waals surface area contributed by atoms with Crippen molar-refractivity contribution in [3.05, 3.63) is 35.4 Å². The van der Waals surface area contributed by atoms with E-state index < -0.39 is 6.04 Å². The maximum Gasteiger partial charge on any atom is 0.239 e. The van der Waals surface area contributed by atoms with E-state index in [0.29, 0.717) is 39.0 Å². The average molecular weight is 386 g/mol. The normalized spacial score (nSPS) is 15.5. The fourth-order valence-electron chi connectivity index (χ4n) is 2.86. The highest BCUT2D eigenvalue weighted by atomic mass is 35.5. The Morgan fingerprint density at radius 3 is 2.36 bits per heavy atom. The van der Waals surface area contributed by atoms with Crippen LogP contribution >= 0.6 is 24.2 Å². The first-order valence-corrected chi connectivity index (χ1v) is 9.78. The maximum absolute atomic E-state index is 12.5. The number of aryl methyl sites for hydroxylation is 1. The predicted molar refractivity (Wildman–Crippen MR) is 106 cm³/mol. The van der Waals surface area contributed by atoms with Crippen LogP contribution in [0.15, 0.2) is 24.3 Å². The largest absolute Gasteiger partial charge is 0.339 e.